The molecule has 1 aliphatic heterocycles. The molecule has 1 heterocycles. The van der Waals surface area contributed by atoms with Gasteiger partial charge >= 0.3 is 0 Å². The minimum atomic E-state index is 0.468. The van der Waals surface area contributed by atoms with Gasteiger partial charge in [-0.05, 0) is 50.6 Å². The number of hydrogen-bond acceptors (Lipinski definition) is 2. The van der Waals surface area contributed by atoms with Gasteiger partial charge in [-0.15, -0.1) is 0 Å². The Kier molecular flexibility index (Phi) is 4.42. The van der Waals surface area contributed by atoms with E-state index in [9.17, 15) is 0 Å². The summed E-state index contributed by atoms with van der Waals surface area (Å²) >= 11 is 0. The van der Waals surface area contributed by atoms with E-state index in [1.807, 2.05) is 0 Å². The minimum absolute atomic E-state index is 0.468. The Bertz CT molecular complexity index is 417. The number of nitrogens with one attached hydrogen (secondary N) is 1. The first-order valence-corrected chi connectivity index (χ1v) is 8.33. The average molecular weight is 272 g/mol. The molecule has 2 aliphatic rings. The first-order valence-electron chi connectivity index (χ1n) is 8.33. The van der Waals surface area contributed by atoms with Crippen molar-refractivity contribution >= 4 is 0 Å². The van der Waals surface area contributed by atoms with Crippen LogP contribution in [-0.4, -0.2) is 30.1 Å². The van der Waals surface area contributed by atoms with Crippen LogP contribution in [0.25, 0.3) is 0 Å². The Labute approximate surface area is 123 Å². The predicted octanol–water partition coefficient (Wildman–Crippen LogP) is 3.60. The van der Waals surface area contributed by atoms with Crippen LogP contribution in [0.3, 0.4) is 0 Å². The first kappa shape index (κ1) is 14.1. The van der Waals surface area contributed by atoms with Gasteiger partial charge in [0, 0.05) is 24.7 Å². The molecule has 1 N–H and O–H groups in total. The van der Waals surface area contributed by atoms with Gasteiger partial charge in [-0.1, -0.05) is 37.3 Å². The number of likely N-dealkylation sites (tertiary alicyclic amines) is 1. The fraction of sp³-hybridized carbons (Fsp3) is 0.667. The molecule has 3 rings (SSSR count). The summed E-state index contributed by atoms with van der Waals surface area (Å²) in [4.78, 5) is 2.77. The van der Waals surface area contributed by atoms with Crippen LogP contribution in [0.5, 0.6) is 0 Å². The minimum Gasteiger partial charge on any atom is -0.309 e. The van der Waals surface area contributed by atoms with Crippen LogP contribution in [0, 0.1) is 5.92 Å². The highest BCUT2D eigenvalue weighted by molar-refractivity contribution is 5.21. The molecule has 0 amide bonds. The van der Waals surface area contributed by atoms with Crippen molar-refractivity contribution in [1.29, 1.82) is 0 Å². The molecule has 4 atom stereocenters. The molecule has 1 aromatic carbocycles. The van der Waals surface area contributed by atoms with Gasteiger partial charge in [0.05, 0.1) is 0 Å². The van der Waals surface area contributed by atoms with Crippen molar-refractivity contribution in [2.75, 3.05) is 13.1 Å². The van der Waals surface area contributed by atoms with E-state index in [2.05, 4.69) is 54.4 Å². The molecule has 0 radical (unpaired) electrons. The molecule has 1 saturated carbocycles. The first-order chi connectivity index (χ1) is 9.79. The summed E-state index contributed by atoms with van der Waals surface area (Å²) in [6.45, 7) is 7.09. The van der Waals surface area contributed by atoms with E-state index in [1.165, 1.54) is 37.8 Å². The molecule has 2 bridgehead atoms. The number of benzene rings is 1. The van der Waals surface area contributed by atoms with Crippen molar-refractivity contribution in [3.8, 4) is 0 Å². The van der Waals surface area contributed by atoms with Gasteiger partial charge in [-0.2, -0.15) is 0 Å². The Morgan fingerprint density at radius 2 is 2.05 bits per heavy atom. The average Bonchev–Trinajstić information content (AvgIpc) is 3.11. The van der Waals surface area contributed by atoms with Crippen LogP contribution in [-0.2, 0) is 0 Å². The normalized spacial score (nSPS) is 28.7. The molecule has 1 saturated heterocycles. The maximum absolute atomic E-state index is 3.78. The second-order valence-electron chi connectivity index (χ2n) is 6.61. The second-order valence-corrected chi connectivity index (χ2v) is 6.61. The highest BCUT2D eigenvalue weighted by Gasteiger charge is 2.41. The van der Waals surface area contributed by atoms with Crippen LogP contribution in [0.4, 0.5) is 0 Å². The van der Waals surface area contributed by atoms with Crippen LogP contribution in [0.2, 0.25) is 0 Å². The van der Waals surface area contributed by atoms with E-state index < -0.39 is 0 Å². The molecule has 20 heavy (non-hydrogen) atoms. The lowest BCUT2D eigenvalue weighted by Gasteiger charge is -2.38. The van der Waals surface area contributed by atoms with E-state index in [1.54, 1.807) is 0 Å². The predicted molar refractivity (Wildman–Crippen MR) is 84.8 cm³/mol. The largest absolute Gasteiger partial charge is 0.309 e. The zero-order valence-electron chi connectivity index (χ0n) is 12.9. The lowest BCUT2D eigenvalue weighted by atomic mass is 9.97. The number of nitrogens with zero attached hydrogens (tertiary/aromatic N) is 1. The molecule has 4 unspecified atom stereocenters. The standard InChI is InChI=1S/C18H28N2/c1-3-11-19-18(16-7-5-4-6-8-16)14(2)20-13-15-9-10-17(20)12-15/h4-8,14-15,17-19H,3,9-13H2,1-2H3. The maximum atomic E-state index is 3.78. The summed E-state index contributed by atoms with van der Waals surface area (Å²) in [7, 11) is 0. The van der Waals surface area contributed by atoms with E-state index in [0.29, 0.717) is 12.1 Å². The summed E-state index contributed by atoms with van der Waals surface area (Å²) in [5.74, 6) is 0.977. The van der Waals surface area contributed by atoms with E-state index in [-0.39, 0.29) is 0 Å². The highest BCUT2D eigenvalue weighted by atomic mass is 15.2. The van der Waals surface area contributed by atoms with Gasteiger partial charge in [-0.25, -0.2) is 0 Å². The molecule has 2 nitrogen and oxygen atoms in total. The quantitative estimate of drug-likeness (QED) is 0.851. The Morgan fingerprint density at radius 3 is 2.65 bits per heavy atom. The lowest BCUT2D eigenvalue weighted by Crippen LogP contribution is -2.46. The fourth-order valence-corrected chi connectivity index (χ4v) is 4.18. The van der Waals surface area contributed by atoms with Crippen LogP contribution < -0.4 is 5.32 Å². The summed E-state index contributed by atoms with van der Waals surface area (Å²) in [5.41, 5.74) is 1.44. The number of rotatable bonds is 6. The third kappa shape index (κ3) is 2.77. The summed E-state index contributed by atoms with van der Waals surface area (Å²) in [5, 5.41) is 3.78. The molecular weight excluding hydrogens is 244 g/mol. The van der Waals surface area contributed by atoms with Crippen molar-refractivity contribution in [3.63, 3.8) is 0 Å². The van der Waals surface area contributed by atoms with Crippen LogP contribution in [0.15, 0.2) is 30.3 Å². The molecule has 0 spiro atoms. The van der Waals surface area contributed by atoms with Gasteiger partial charge in [0.15, 0.2) is 0 Å². The van der Waals surface area contributed by atoms with Gasteiger partial charge in [0.1, 0.15) is 0 Å². The van der Waals surface area contributed by atoms with E-state index >= 15 is 0 Å². The van der Waals surface area contributed by atoms with Gasteiger partial charge in [0.2, 0.25) is 0 Å². The highest BCUT2D eigenvalue weighted by Crippen LogP contribution is 2.40. The Hall–Kier alpha value is -0.860. The molecule has 0 aromatic heterocycles. The van der Waals surface area contributed by atoms with Crippen molar-refractivity contribution in [1.82, 2.24) is 10.2 Å². The Morgan fingerprint density at radius 1 is 1.25 bits per heavy atom. The summed E-state index contributed by atoms with van der Waals surface area (Å²) in [6, 6.07) is 12.9. The van der Waals surface area contributed by atoms with Gasteiger partial charge < -0.3 is 5.32 Å². The van der Waals surface area contributed by atoms with Gasteiger partial charge in [-0.3, -0.25) is 4.90 Å². The number of hydrogen-bond donors (Lipinski definition) is 1. The molecular formula is C18H28N2. The van der Waals surface area contributed by atoms with Gasteiger partial charge in [0.25, 0.3) is 0 Å². The second kappa shape index (κ2) is 6.28. The zero-order chi connectivity index (χ0) is 13.9. The molecule has 1 aliphatic carbocycles. The van der Waals surface area contributed by atoms with E-state index in [0.717, 1.165) is 18.5 Å². The van der Waals surface area contributed by atoms with Crippen molar-refractivity contribution in [3.05, 3.63) is 35.9 Å². The molecule has 1 aromatic rings. The molecule has 110 valence electrons. The lowest BCUT2D eigenvalue weighted by molar-refractivity contribution is 0.128. The maximum Gasteiger partial charge on any atom is 0.0475 e. The zero-order valence-corrected chi connectivity index (χ0v) is 12.9. The summed E-state index contributed by atoms with van der Waals surface area (Å²) in [6.07, 6.45) is 5.53. The van der Waals surface area contributed by atoms with E-state index in [4.69, 9.17) is 0 Å². The van der Waals surface area contributed by atoms with Crippen LogP contribution >= 0.6 is 0 Å². The Balaban J connectivity index is 1.74. The number of piperidine rings is 1. The summed E-state index contributed by atoms with van der Waals surface area (Å²) < 4.78 is 0. The topological polar surface area (TPSA) is 15.3 Å². The third-order valence-corrected chi connectivity index (χ3v) is 5.23. The van der Waals surface area contributed by atoms with Crippen LogP contribution in [0.1, 0.15) is 51.1 Å². The molecule has 2 heteroatoms. The fourth-order valence-electron chi connectivity index (χ4n) is 4.18. The third-order valence-electron chi connectivity index (χ3n) is 5.23. The number of fused-ring (bicyclic) bond motifs is 2. The van der Waals surface area contributed by atoms with Crippen molar-refractivity contribution in [2.45, 2.75) is 57.7 Å². The van der Waals surface area contributed by atoms with Crippen molar-refractivity contribution in [2.24, 2.45) is 5.92 Å². The monoisotopic (exact) mass is 272 g/mol. The van der Waals surface area contributed by atoms with Crippen molar-refractivity contribution < 1.29 is 0 Å². The SMILES string of the molecule is CCCNC(c1ccccc1)C(C)N1CC2CCC1C2. The molecule has 2 fully saturated rings. The smallest absolute Gasteiger partial charge is 0.0475 e.